The average Bonchev–Trinajstić information content (AvgIpc) is 3.17. The molecule has 0 bridgehead atoms. The fraction of sp³-hybridized carbons (Fsp3) is 0.421. The zero-order valence-corrected chi connectivity index (χ0v) is 17.7. The largest absolute Gasteiger partial charge is 0.357 e. The van der Waals surface area contributed by atoms with Crippen LogP contribution >= 0.6 is 11.3 Å². The maximum Gasteiger partial charge on any atom is 0.240 e. The Kier molecular flexibility index (Phi) is 8.27. The van der Waals surface area contributed by atoms with E-state index in [-0.39, 0.29) is 4.90 Å². The molecular weight excluding hydrogens is 380 g/mol. The molecule has 0 aliphatic heterocycles. The van der Waals surface area contributed by atoms with E-state index < -0.39 is 10.0 Å². The molecule has 1 unspecified atom stereocenters. The van der Waals surface area contributed by atoms with Gasteiger partial charge in [-0.2, -0.15) is 0 Å². The Hall–Kier alpha value is -1.90. The van der Waals surface area contributed by atoms with Crippen molar-refractivity contribution in [3.8, 4) is 0 Å². The van der Waals surface area contributed by atoms with Crippen molar-refractivity contribution in [1.29, 1.82) is 0 Å². The fourth-order valence-electron chi connectivity index (χ4n) is 2.56. The van der Waals surface area contributed by atoms with E-state index in [4.69, 9.17) is 0 Å². The van der Waals surface area contributed by atoms with Gasteiger partial charge in [0.25, 0.3) is 0 Å². The van der Waals surface area contributed by atoms with E-state index in [0.29, 0.717) is 12.5 Å². The van der Waals surface area contributed by atoms with E-state index in [9.17, 15) is 8.42 Å². The summed E-state index contributed by atoms with van der Waals surface area (Å²) >= 11 is 1.78. The fourth-order valence-corrected chi connectivity index (χ4v) is 4.23. The van der Waals surface area contributed by atoms with Crippen molar-refractivity contribution in [3.63, 3.8) is 0 Å². The lowest BCUT2D eigenvalue weighted by atomic mass is 10.1. The number of aliphatic imine (C=N–C) groups is 1. The van der Waals surface area contributed by atoms with E-state index in [1.165, 1.54) is 11.9 Å². The quantitative estimate of drug-likeness (QED) is 0.440. The third-order valence-corrected chi connectivity index (χ3v) is 6.30. The van der Waals surface area contributed by atoms with Gasteiger partial charge in [-0.3, -0.25) is 0 Å². The van der Waals surface area contributed by atoms with Gasteiger partial charge in [-0.25, -0.2) is 18.1 Å². The van der Waals surface area contributed by atoms with E-state index in [1.54, 1.807) is 29.5 Å². The van der Waals surface area contributed by atoms with Gasteiger partial charge < -0.3 is 10.6 Å². The Morgan fingerprint density at radius 1 is 1.22 bits per heavy atom. The second kappa shape index (κ2) is 10.4. The summed E-state index contributed by atoms with van der Waals surface area (Å²) in [5.74, 6) is 1.22. The van der Waals surface area contributed by atoms with Gasteiger partial charge in [0, 0.05) is 18.0 Å². The molecule has 1 heterocycles. The summed E-state index contributed by atoms with van der Waals surface area (Å²) in [5, 5.41) is 8.71. The van der Waals surface area contributed by atoms with Gasteiger partial charge in [0.2, 0.25) is 10.0 Å². The second-order valence-electron chi connectivity index (χ2n) is 6.32. The van der Waals surface area contributed by atoms with Crippen LogP contribution in [0.5, 0.6) is 0 Å². The summed E-state index contributed by atoms with van der Waals surface area (Å²) < 4.78 is 26.2. The van der Waals surface area contributed by atoms with Crippen LogP contribution < -0.4 is 15.4 Å². The highest BCUT2D eigenvalue weighted by Gasteiger charge is 2.11. The standard InChI is InChI=1S/C19H28N4O2S2/c1-4-21-19(22-13-15(2)11-17-8-6-10-26-17)23-14-16-7-5-9-18(12-16)27(24,25)20-3/h5-10,12,15,20H,4,11,13-14H2,1-3H3,(H2,21,22,23). The summed E-state index contributed by atoms with van der Waals surface area (Å²) in [5.41, 5.74) is 0.843. The van der Waals surface area contributed by atoms with E-state index in [0.717, 1.165) is 31.0 Å². The third kappa shape index (κ3) is 6.97. The molecule has 8 heteroatoms. The van der Waals surface area contributed by atoms with Crippen LogP contribution in [-0.2, 0) is 23.0 Å². The molecule has 0 aliphatic rings. The van der Waals surface area contributed by atoms with Crippen molar-refractivity contribution in [3.05, 3.63) is 52.2 Å². The molecule has 0 fully saturated rings. The maximum absolute atomic E-state index is 11.9. The minimum atomic E-state index is -3.44. The number of hydrogen-bond acceptors (Lipinski definition) is 4. The summed E-state index contributed by atoms with van der Waals surface area (Å²) in [6.45, 7) is 6.22. The highest BCUT2D eigenvalue weighted by molar-refractivity contribution is 7.89. The van der Waals surface area contributed by atoms with Gasteiger partial charge in [-0.15, -0.1) is 11.3 Å². The number of nitrogens with zero attached hydrogens (tertiary/aromatic N) is 1. The van der Waals surface area contributed by atoms with Gasteiger partial charge in [0.1, 0.15) is 0 Å². The minimum absolute atomic E-state index is 0.250. The summed E-state index contributed by atoms with van der Waals surface area (Å²) in [6, 6.07) is 11.1. The lowest BCUT2D eigenvalue weighted by molar-refractivity contribution is 0.562. The molecule has 0 aliphatic carbocycles. The zero-order valence-electron chi connectivity index (χ0n) is 16.0. The first kappa shape index (κ1) is 21.4. The number of hydrogen-bond donors (Lipinski definition) is 3. The maximum atomic E-state index is 11.9. The van der Waals surface area contributed by atoms with Crippen LogP contribution in [0.15, 0.2) is 51.7 Å². The number of thiophene rings is 1. The minimum Gasteiger partial charge on any atom is -0.357 e. The van der Waals surface area contributed by atoms with Gasteiger partial charge in [0.15, 0.2) is 5.96 Å². The highest BCUT2D eigenvalue weighted by atomic mass is 32.2. The highest BCUT2D eigenvalue weighted by Crippen LogP contribution is 2.14. The topological polar surface area (TPSA) is 82.6 Å². The molecule has 2 aromatic rings. The normalized spacial score (nSPS) is 13.4. The molecule has 0 saturated carbocycles. The molecule has 0 amide bonds. The van der Waals surface area contributed by atoms with Crippen molar-refractivity contribution in [2.45, 2.75) is 31.7 Å². The smallest absolute Gasteiger partial charge is 0.240 e. The van der Waals surface area contributed by atoms with Crippen LogP contribution in [0.25, 0.3) is 0 Å². The molecule has 0 radical (unpaired) electrons. The van der Waals surface area contributed by atoms with Crippen LogP contribution in [-0.4, -0.2) is 34.5 Å². The third-order valence-electron chi connectivity index (χ3n) is 3.99. The Labute approximate surface area is 166 Å². The second-order valence-corrected chi connectivity index (χ2v) is 9.24. The van der Waals surface area contributed by atoms with Crippen LogP contribution in [0.3, 0.4) is 0 Å². The lowest BCUT2D eigenvalue weighted by Gasteiger charge is -2.15. The zero-order chi connectivity index (χ0) is 19.7. The number of sulfonamides is 1. The SMILES string of the molecule is CCNC(=NCc1cccc(S(=O)(=O)NC)c1)NCC(C)Cc1cccs1. The molecule has 1 aromatic carbocycles. The first-order chi connectivity index (χ1) is 12.9. The molecule has 0 saturated heterocycles. The summed E-state index contributed by atoms with van der Waals surface area (Å²) in [7, 11) is -2.04. The van der Waals surface area contributed by atoms with Crippen molar-refractivity contribution < 1.29 is 8.42 Å². The molecule has 1 aromatic heterocycles. The molecular formula is C19H28N4O2S2. The van der Waals surface area contributed by atoms with Gasteiger partial charge >= 0.3 is 0 Å². The number of guanidine groups is 1. The summed E-state index contributed by atoms with van der Waals surface area (Å²) in [6.07, 6.45) is 1.04. The van der Waals surface area contributed by atoms with E-state index in [2.05, 4.69) is 44.8 Å². The van der Waals surface area contributed by atoms with Gasteiger partial charge in [0.05, 0.1) is 11.4 Å². The predicted molar refractivity (Wildman–Crippen MR) is 113 cm³/mol. The molecule has 2 rings (SSSR count). The van der Waals surface area contributed by atoms with Crippen molar-refractivity contribution in [1.82, 2.24) is 15.4 Å². The Morgan fingerprint density at radius 3 is 2.70 bits per heavy atom. The molecule has 3 N–H and O–H groups in total. The molecule has 6 nitrogen and oxygen atoms in total. The Morgan fingerprint density at radius 2 is 2.04 bits per heavy atom. The van der Waals surface area contributed by atoms with E-state index in [1.807, 2.05) is 13.0 Å². The first-order valence-corrected chi connectivity index (χ1v) is 11.4. The number of nitrogens with one attached hydrogen (secondary N) is 3. The number of rotatable bonds is 9. The van der Waals surface area contributed by atoms with E-state index >= 15 is 0 Å². The van der Waals surface area contributed by atoms with Crippen LogP contribution in [0.1, 0.15) is 24.3 Å². The molecule has 1 atom stereocenters. The van der Waals surface area contributed by atoms with Crippen molar-refractivity contribution in [2.75, 3.05) is 20.1 Å². The molecule has 148 valence electrons. The Bertz CT molecular complexity index is 833. The average molecular weight is 409 g/mol. The molecule has 27 heavy (non-hydrogen) atoms. The van der Waals surface area contributed by atoms with Crippen molar-refractivity contribution >= 4 is 27.3 Å². The van der Waals surface area contributed by atoms with Crippen LogP contribution in [0, 0.1) is 5.92 Å². The predicted octanol–water partition coefficient (Wildman–Crippen LogP) is 2.59. The first-order valence-electron chi connectivity index (χ1n) is 9.01. The van der Waals surface area contributed by atoms with Gasteiger partial charge in [-0.05, 0) is 55.5 Å². The van der Waals surface area contributed by atoms with Crippen LogP contribution in [0.2, 0.25) is 0 Å². The summed E-state index contributed by atoms with van der Waals surface area (Å²) in [4.78, 5) is 6.22. The van der Waals surface area contributed by atoms with Gasteiger partial charge in [-0.1, -0.05) is 25.1 Å². The van der Waals surface area contributed by atoms with Crippen molar-refractivity contribution in [2.24, 2.45) is 10.9 Å². The molecule has 0 spiro atoms. The Balaban J connectivity index is 1.97. The van der Waals surface area contributed by atoms with Crippen LogP contribution in [0.4, 0.5) is 0 Å². The lowest BCUT2D eigenvalue weighted by Crippen LogP contribution is -2.39. The number of benzene rings is 1. The monoisotopic (exact) mass is 408 g/mol.